The van der Waals surface area contributed by atoms with Gasteiger partial charge in [0.2, 0.25) is 5.91 Å². The number of hydrogen-bond donors (Lipinski definition) is 1. The molecule has 3 aromatic carbocycles. The second-order valence-corrected chi connectivity index (χ2v) is 7.19. The number of benzene rings is 3. The SMILES string of the molecule is COc1cccc(C2(c3cccc(OC)c3)C[C@@H]2C(=O)Nc2ccc(F)cc2)c1. The fraction of sp³-hybridized carbons (Fsp3) is 0.208. The molecule has 0 bridgehead atoms. The summed E-state index contributed by atoms with van der Waals surface area (Å²) in [6, 6.07) is 21.4. The van der Waals surface area contributed by atoms with Crippen molar-refractivity contribution in [3.63, 3.8) is 0 Å². The molecule has 4 nitrogen and oxygen atoms in total. The van der Waals surface area contributed by atoms with Crippen LogP contribution in [0.5, 0.6) is 11.5 Å². The molecule has 0 saturated heterocycles. The lowest BCUT2D eigenvalue weighted by molar-refractivity contribution is -0.117. The van der Waals surface area contributed by atoms with Gasteiger partial charge in [-0.2, -0.15) is 0 Å². The van der Waals surface area contributed by atoms with E-state index >= 15 is 0 Å². The summed E-state index contributed by atoms with van der Waals surface area (Å²) < 4.78 is 24.0. The van der Waals surface area contributed by atoms with Crippen molar-refractivity contribution in [1.82, 2.24) is 0 Å². The Morgan fingerprint density at radius 3 is 2.00 bits per heavy atom. The van der Waals surface area contributed by atoms with E-state index in [4.69, 9.17) is 9.47 Å². The molecule has 1 fully saturated rings. The third-order valence-corrected chi connectivity index (χ3v) is 5.56. The number of rotatable bonds is 6. The summed E-state index contributed by atoms with van der Waals surface area (Å²) in [4.78, 5) is 13.1. The molecule has 0 unspecified atom stereocenters. The first-order valence-electron chi connectivity index (χ1n) is 9.42. The highest BCUT2D eigenvalue weighted by molar-refractivity contribution is 5.97. The second kappa shape index (κ2) is 7.59. The predicted octanol–water partition coefficient (Wildman–Crippen LogP) is 4.79. The van der Waals surface area contributed by atoms with Gasteiger partial charge in [0, 0.05) is 11.1 Å². The Morgan fingerprint density at radius 2 is 1.48 bits per heavy atom. The third-order valence-electron chi connectivity index (χ3n) is 5.56. The molecule has 1 aliphatic carbocycles. The van der Waals surface area contributed by atoms with Crippen LogP contribution in [0.3, 0.4) is 0 Å². The van der Waals surface area contributed by atoms with Crippen molar-refractivity contribution < 1.29 is 18.7 Å². The van der Waals surface area contributed by atoms with Gasteiger partial charge in [-0.05, 0) is 66.1 Å². The third kappa shape index (κ3) is 3.56. The molecule has 3 aromatic rings. The van der Waals surface area contributed by atoms with Crippen molar-refractivity contribution in [3.05, 3.63) is 89.7 Å². The minimum atomic E-state index is -0.465. The molecule has 0 heterocycles. The number of amides is 1. The maximum absolute atomic E-state index is 13.2. The monoisotopic (exact) mass is 391 g/mol. The normalized spacial score (nSPS) is 16.7. The van der Waals surface area contributed by atoms with Crippen LogP contribution in [-0.4, -0.2) is 20.1 Å². The fourth-order valence-corrected chi connectivity index (χ4v) is 3.95. The van der Waals surface area contributed by atoms with Gasteiger partial charge in [0.05, 0.1) is 20.1 Å². The zero-order valence-corrected chi connectivity index (χ0v) is 16.3. The van der Waals surface area contributed by atoms with E-state index in [0.29, 0.717) is 12.1 Å². The summed E-state index contributed by atoms with van der Waals surface area (Å²) in [5.74, 6) is 0.800. The topological polar surface area (TPSA) is 47.6 Å². The zero-order chi connectivity index (χ0) is 20.4. The van der Waals surface area contributed by atoms with Crippen LogP contribution >= 0.6 is 0 Å². The molecular formula is C24H22FNO3. The smallest absolute Gasteiger partial charge is 0.228 e. The molecule has 1 aliphatic rings. The first-order valence-corrected chi connectivity index (χ1v) is 9.42. The van der Waals surface area contributed by atoms with Crippen LogP contribution in [0.4, 0.5) is 10.1 Å². The number of anilines is 1. The summed E-state index contributed by atoms with van der Waals surface area (Å²) in [6.07, 6.45) is 0.667. The number of carbonyl (C=O) groups excluding carboxylic acids is 1. The molecule has 1 saturated carbocycles. The molecule has 0 radical (unpaired) electrons. The second-order valence-electron chi connectivity index (χ2n) is 7.19. The first-order chi connectivity index (χ1) is 14.1. The van der Waals surface area contributed by atoms with Crippen LogP contribution in [-0.2, 0) is 10.2 Å². The van der Waals surface area contributed by atoms with Gasteiger partial charge in [0.15, 0.2) is 0 Å². The summed E-state index contributed by atoms with van der Waals surface area (Å²) in [5, 5.41) is 2.91. The standard InChI is InChI=1S/C24H22FNO3/c1-28-20-7-3-5-16(13-20)24(17-6-4-8-21(14-17)29-2)15-22(24)23(27)26-19-11-9-18(25)10-12-19/h3-14,22H,15H2,1-2H3,(H,26,27)/t22-/m1/s1. The van der Waals surface area contributed by atoms with Crippen molar-refractivity contribution >= 4 is 11.6 Å². The van der Waals surface area contributed by atoms with Crippen molar-refractivity contribution in [2.24, 2.45) is 5.92 Å². The van der Waals surface area contributed by atoms with E-state index in [1.165, 1.54) is 12.1 Å². The Hall–Kier alpha value is -3.34. The van der Waals surface area contributed by atoms with E-state index < -0.39 is 5.41 Å². The molecule has 148 valence electrons. The van der Waals surface area contributed by atoms with E-state index in [1.807, 2.05) is 48.5 Å². The molecular weight excluding hydrogens is 369 g/mol. The molecule has 1 atom stereocenters. The van der Waals surface area contributed by atoms with Gasteiger partial charge in [-0.1, -0.05) is 24.3 Å². The lowest BCUT2D eigenvalue weighted by atomic mass is 9.85. The van der Waals surface area contributed by atoms with Crippen molar-refractivity contribution in [2.75, 3.05) is 19.5 Å². The Kier molecular flexibility index (Phi) is 4.97. The molecule has 0 spiro atoms. The van der Waals surface area contributed by atoms with E-state index in [0.717, 1.165) is 22.6 Å². The Bertz CT molecular complexity index is 985. The largest absolute Gasteiger partial charge is 0.497 e. The molecule has 29 heavy (non-hydrogen) atoms. The van der Waals surface area contributed by atoms with Gasteiger partial charge in [0.1, 0.15) is 17.3 Å². The molecule has 4 rings (SSSR count). The van der Waals surface area contributed by atoms with Crippen molar-refractivity contribution in [3.8, 4) is 11.5 Å². The Balaban J connectivity index is 1.70. The minimum absolute atomic E-state index is 0.0951. The number of halogens is 1. The van der Waals surface area contributed by atoms with E-state index in [9.17, 15) is 9.18 Å². The van der Waals surface area contributed by atoms with E-state index in [2.05, 4.69) is 5.32 Å². The van der Waals surface area contributed by atoms with Crippen LogP contribution in [0.2, 0.25) is 0 Å². The Labute approximate surface area is 169 Å². The number of methoxy groups -OCH3 is 2. The molecule has 0 aromatic heterocycles. The van der Waals surface area contributed by atoms with Crippen molar-refractivity contribution in [1.29, 1.82) is 0 Å². The first kappa shape index (κ1) is 19.0. The molecule has 1 amide bonds. The van der Waals surface area contributed by atoms with Crippen LogP contribution < -0.4 is 14.8 Å². The van der Waals surface area contributed by atoms with Gasteiger partial charge in [-0.15, -0.1) is 0 Å². The van der Waals surface area contributed by atoms with Crippen molar-refractivity contribution in [2.45, 2.75) is 11.8 Å². The van der Waals surface area contributed by atoms with Gasteiger partial charge in [0.25, 0.3) is 0 Å². The zero-order valence-electron chi connectivity index (χ0n) is 16.3. The predicted molar refractivity (Wildman–Crippen MR) is 110 cm³/mol. The van der Waals surface area contributed by atoms with E-state index in [1.54, 1.807) is 26.4 Å². The number of hydrogen-bond acceptors (Lipinski definition) is 3. The highest BCUT2D eigenvalue weighted by Crippen LogP contribution is 2.60. The van der Waals surface area contributed by atoms with Gasteiger partial charge in [-0.3, -0.25) is 4.79 Å². The van der Waals surface area contributed by atoms with Crippen LogP contribution in [0.25, 0.3) is 0 Å². The number of carbonyl (C=O) groups is 1. The van der Waals surface area contributed by atoms with Crippen LogP contribution in [0, 0.1) is 11.7 Å². The fourth-order valence-electron chi connectivity index (χ4n) is 3.95. The summed E-state index contributed by atoms with van der Waals surface area (Å²) in [5.41, 5.74) is 2.15. The van der Waals surface area contributed by atoms with Crippen LogP contribution in [0.1, 0.15) is 17.5 Å². The summed E-state index contributed by atoms with van der Waals surface area (Å²) >= 11 is 0. The van der Waals surface area contributed by atoms with Crippen LogP contribution in [0.15, 0.2) is 72.8 Å². The molecule has 5 heteroatoms. The maximum Gasteiger partial charge on any atom is 0.228 e. The number of ether oxygens (including phenoxy) is 2. The average Bonchev–Trinajstić information content (AvgIpc) is 3.53. The van der Waals surface area contributed by atoms with Gasteiger partial charge in [-0.25, -0.2) is 4.39 Å². The molecule has 0 aliphatic heterocycles. The number of nitrogens with one attached hydrogen (secondary N) is 1. The molecule has 1 N–H and O–H groups in total. The van der Waals surface area contributed by atoms with Gasteiger partial charge < -0.3 is 14.8 Å². The van der Waals surface area contributed by atoms with Gasteiger partial charge >= 0.3 is 0 Å². The quantitative estimate of drug-likeness (QED) is 0.657. The lowest BCUT2D eigenvalue weighted by Crippen LogP contribution is -2.22. The maximum atomic E-state index is 13.2. The summed E-state index contributed by atoms with van der Waals surface area (Å²) in [7, 11) is 3.26. The Morgan fingerprint density at radius 1 is 0.931 bits per heavy atom. The summed E-state index contributed by atoms with van der Waals surface area (Å²) in [6.45, 7) is 0. The van der Waals surface area contributed by atoms with E-state index in [-0.39, 0.29) is 17.6 Å². The minimum Gasteiger partial charge on any atom is -0.497 e. The average molecular weight is 391 g/mol. The highest BCUT2D eigenvalue weighted by Gasteiger charge is 2.60. The highest BCUT2D eigenvalue weighted by atomic mass is 19.1. The lowest BCUT2D eigenvalue weighted by Gasteiger charge is -2.20.